The number of hydrogen-bond acceptors (Lipinski definition) is 7. The van der Waals surface area contributed by atoms with E-state index in [1.165, 1.54) is 30.5 Å². The van der Waals surface area contributed by atoms with E-state index in [0.29, 0.717) is 29.8 Å². The smallest absolute Gasteiger partial charge is 0.264 e. The van der Waals surface area contributed by atoms with E-state index in [-0.39, 0.29) is 28.2 Å². The monoisotopic (exact) mass is 645 g/mol. The van der Waals surface area contributed by atoms with E-state index >= 15 is 0 Å². The van der Waals surface area contributed by atoms with Crippen molar-refractivity contribution in [3.8, 4) is 11.3 Å². The SMILES string of the molecule is O=S(=O)(Cc1[nH]nc2nc(-c3ccc(NS(=O)(=O)c4cc(Cl)c(F)cc4F)cc3)cnc12)c1cc(Cl)c(F)cc1F. The number of hydrogen-bond donors (Lipinski definition) is 2. The molecule has 0 atom stereocenters. The van der Waals surface area contributed by atoms with Crippen molar-refractivity contribution in [1.82, 2.24) is 20.2 Å². The van der Waals surface area contributed by atoms with Crippen molar-refractivity contribution >= 4 is 59.9 Å². The molecule has 0 saturated carbocycles. The fraction of sp³-hybridized carbons (Fsp3) is 0.0417. The first-order valence-electron chi connectivity index (χ1n) is 11.1. The van der Waals surface area contributed by atoms with Gasteiger partial charge < -0.3 is 0 Å². The number of sulfone groups is 1. The van der Waals surface area contributed by atoms with E-state index in [1.807, 2.05) is 0 Å². The normalized spacial score (nSPS) is 12.1. The van der Waals surface area contributed by atoms with Crippen molar-refractivity contribution in [3.63, 3.8) is 0 Å². The van der Waals surface area contributed by atoms with Crippen LogP contribution < -0.4 is 4.72 Å². The number of halogens is 6. The molecule has 2 aromatic heterocycles. The highest BCUT2D eigenvalue weighted by Gasteiger charge is 2.25. The van der Waals surface area contributed by atoms with Gasteiger partial charge in [-0.25, -0.2) is 44.4 Å². The van der Waals surface area contributed by atoms with Gasteiger partial charge in [0.2, 0.25) is 5.65 Å². The summed E-state index contributed by atoms with van der Waals surface area (Å²) >= 11 is 11.2. The van der Waals surface area contributed by atoms with E-state index in [9.17, 15) is 34.4 Å². The van der Waals surface area contributed by atoms with Crippen molar-refractivity contribution in [2.45, 2.75) is 15.5 Å². The molecule has 0 spiro atoms. The quantitative estimate of drug-likeness (QED) is 0.132. The number of aromatic amines is 1. The van der Waals surface area contributed by atoms with Crippen LogP contribution in [0, 0.1) is 23.3 Å². The van der Waals surface area contributed by atoms with E-state index in [1.54, 1.807) is 0 Å². The zero-order valence-corrected chi connectivity index (χ0v) is 23.1. The highest BCUT2D eigenvalue weighted by atomic mass is 35.5. The molecule has 0 saturated heterocycles. The van der Waals surface area contributed by atoms with Crippen LogP contribution in [-0.4, -0.2) is 37.0 Å². The average molecular weight is 646 g/mol. The lowest BCUT2D eigenvalue weighted by Crippen LogP contribution is -2.15. The third-order valence-corrected chi connectivity index (χ3v) is 9.31. The largest absolute Gasteiger partial charge is 0.280 e. The molecule has 212 valence electrons. The van der Waals surface area contributed by atoms with Gasteiger partial charge in [-0.05, 0) is 24.3 Å². The number of anilines is 1. The van der Waals surface area contributed by atoms with Gasteiger partial charge in [0.15, 0.2) is 9.84 Å². The minimum absolute atomic E-state index is 0.00298. The summed E-state index contributed by atoms with van der Waals surface area (Å²) in [5.41, 5.74) is 0.882. The molecule has 5 aromatic rings. The molecule has 0 aliphatic heterocycles. The summed E-state index contributed by atoms with van der Waals surface area (Å²) in [6, 6.07) is 7.73. The van der Waals surface area contributed by atoms with Crippen molar-refractivity contribution in [2.24, 2.45) is 0 Å². The Hall–Kier alpha value is -3.79. The summed E-state index contributed by atoms with van der Waals surface area (Å²) in [6.45, 7) is 0. The number of fused-ring (bicyclic) bond motifs is 1. The Labute approximate surface area is 239 Å². The van der Waals surface area contributed by atoms with Crippen LogP contribution in [0.5, 0.6) is 0 Å². The van der Waals surface area contributed by atoms with E-state index in [2.05, 4.69) is 24.9 Å². The highest BCUT2D eigenvalue weighted by molar-refractivity contribution is 7.92. The second kappa shape index (κ2) is 10.6. The standard InChI is InChI=1S/C24H13Cl2F4N5O4S2/c25-13-5-21(17(29)7-15(13)27)40(36,37)10-20-23-24(34-33-20)32-19(9-31-23)11-1-3-12(4-2-11)35-41(38,39)22-6-14(26)16(28)8-18(22)30/h1-9,35H,10H2,(H,32,33,34). The maximum Gasteiger partial charge on any atom is 0.264 e. The first-order chi connectivity index (χ1) is 19.2. The summed E-state index contributed by atoms with van der Waals surface area (Å²) in [4.78, 5) is 6.87. The molecule has 0 unspecified atom stereocenters. The maximum absolute atomic E-state index is 14.2. The van der Waals surface area contributed by atoms with Crippen LogP contribution >= 0.6 is 23.2 Å². The average Bonchev–Trinajstić information content (AvgIpc) is 3.29. The van der Waals surface area contributed by atoms with Gasteiger partial charge in [-0.3, -0.25) is 9.82 Å². The second-order valence-electron chi connectivity index (χ2n) is 8.47. The molecular formula is C24H13Cl2F4N5O4S2. The Morgan fingerprint density at radius 1 is 0.805 bits per heavy atom. The Morgan fingerprint density at radius 2 is 1.39 bits per heavy atom. The van der Waals surface area contributed by atoms with Gasteiger partial charge in [-0.1, -0.05) is 35.3 Å². The van der Waals surface area contributed by atoms with Gasteiger partial charge in [-0.15, -0.1) is 0 Å². The molecule has 2 heterocycles. The van der Waals surface area contributed by atoms with Crippen molar-refractivity contribution in [1.29, 1.82) is 0 Å². The Kier molecular flexibility index (Phi) is 7.40. The molecule has 0 bridgehead atoms. The lowest BCUT2D eigenvalue weighted by Gasteiger charge is -2.10. The second-order valence-corrected chi connectivity index (χ2v) is 12.9. The molecular weight excluding hydrogens is 633 g/mol. The topological polar surface area (TPSA) is 135 Å². The van der Waals surface area contributed by atoms with Crippen LogP contribution in [0.2, 0.25) is 10.0 Å². The number of rotatable bonds is 7. The molecule has 0 radical (unpaired) electrons. The fourth-order valence-electron chi connectivity index (χ4n) is 3.72. The molecule has 17 heteroatoms. The summed E-state index contributed by atoms with van der Waals surface area (Å²) < 4.78 is 108. The maximum atomic E-state index is 14.2. The zero-order valence-electron chi connectivity index (χ0n) is 20.0. The van der Waals surface area contributed by atoms with Crippen LogP contribution in [0.3, 0.4) is 0 Å². The molecule has 9 nitrogen and oxygen atoms in total. The zero-order chi connectivity index (χ0) is 29.7. The van der Waals surface area contributed by atoms with Gasteiger partial charge in [0.25, 0.3) is 10.0 Å². The van der Waals surface area contributed by atoms with Crippen LogP contribution in [0.1, 0.15) is 5.69 Å². The number of sulfonamides is 1. The summed E-state index contributed by atoms with van der Waals surface area (Å²) in [5.74, 6) is -5.60. The number of nitrogens with zero attached hydrogens (tertiary/aromatic N) is 3. The lowest BCUT2D eigenvalue weighted by atomic mass is 10.1. The predicted octanol–water partition coefficient (Wildman–Crippen LogP) is 5.66. The molecule has 2 N–H and O–H groups in total. The van der Waals surface area contributed by atoms with Crippen molar-refractivity contribution in [3.05, 3.63) is 93.7 Å². The van der Waals surface area contributed by atoms with E-state index < -0.39 is 68.7 Å². The van der Waals surface area contributed by atoms with Crippen LogP contribution in [0.15, 0.2) is 64.5 Å². The van der Waals surface area contributed by atoms with Gasteiger partial charge in [0.05, 0.1) is 33.4 Å². The molecule has 0 aliphatic rings. The van der Waals surface area contributed by atoms with Gasteiger partial charge >= 0.3 is 0 Å². The minimum atomic E-state index is -4.45. The third-order valence-electron chi connectivity index (χ3n) is 5.68. The van der Waals surface area contributed by atoms with E-state index in [0.717, 1.165) is 0 Å². The third kappa shape index (κ3) is 5.70. The number of nitrogens with one attached hydrogen (secondary N) is 2. The van der Waals surface area contributed by atoms with E-state index in [4.69, 9.17) is 23.2 Å². The first-order valence-corrected chi connectivity index (χ1v) is 15.0. The summed E-state index contributed by atoms with van der Waals surface area (Å²) in [5, 5.41) is 5.32. The fourth-order valence-corrected chi connectivity index (χ4v) is 6.72. The Balaban J connectivity index is 1.37. The first kappa shape index (κ1) is 28.7. The molecule has 3 aromatic carbocycles. The molecule has 0 aliphatic carbocycles. The van der Waals surface area contributed by atoms with Gasteiger partial charge in [0.1, 0.15) is 38.6 Å². The highest BCUT2D eigenvalue weighted by Crippen LogP contribution is 2.29. The Bertz CT molecular complexity index is 2060. The van der Waals surface area contributed by atoms with Crippen LogP contribution in [0.25, 0.3) is 22.4 Å². The number of aromatic nitrogens is 4. The summed E-state index contributed by atoms with van der Waals surface area (Å²) in [7, 11) is -8.77. The number of H-pyrrole nitrogens is 1. The number of benzene rings is 3. The molecule has 5 rings (SSSR count). The van der Waals surface area contributed by atoms with Gasteiger partial charge in [0, 0.05) is 23.4 Å². The molecule has 0 fully saturated rings. The molecule has 0 amide bonds. The van der Waals surface area contributed by atoms with Crippen LogP contribution in [0.4, 0.5) is 23.2 Å². The summed E-state index contributed by atoms with van der Waals surface area (Å²) in [6.07, 6.45) is 1.30. The predicted molar refractivity (Wildman–Crippen MR) is 142 cm³/mol. The Morgan fingerprint density at radius 3 is 2.02 bits per heavy atom. The van der Waals surface area contributed by atoms with Gasteiger partial charge in [-0.2, -0.15) is 5.10 Å². The lowest BCUT2D eigenvalue weighted by molar-refractivity contribution is 0.547. The molecule has 41 heavy (non-hydrogen) atoms. The van der Waals surface area contributed by atoms with Crippen LogP contribution in [-0.2, 0) is 25.6 Å². The van der Waals surface area contributed by atoms with Crippen molar-refractivity contribution < 1.29 is 34.4 Å². The van der Waals surface area contributed by atoms with Crippen molar-refractivity contribution in [2.75, 3.05) is 4.72 Å². The minimum Gasteiger partial charge on any atom is -0.280 e.